The number of carboxylic acids is 1. The van der Waals surface area contributed by atoms with E-state index in [0.29, 0.717) is 0 Å². The first-order valence-electron chi connectivity index (χ1n) is 6.12. The van der Waals surface area contributed by atoms with Crippen molar-refractivity contribution in [2.45, 2.75) is 26.2 Å². The third kappa shape index (κ3) is 2.86. The van der Waals surface area contributed by atoms with Crippen LogP contribution in [0, 0.1) is 5.92 Å². The Kier molecular flexibility index (Phi) is 3.60. The van der Waals surface area contributed by atoms with Crippen LogP contribution in [0.4, 0.5) is 0 Å². The minimum absolute atomic E-state index is 0.0370. The van der Waals surface area contributed by atoms with Crippen molar-refractivity contribution in [3.05, 3.63) is 41.5 Å². The number of carbonyl (C=O) groups excluding carboxylic acids is 1. The van der Waals surface area contributed by atoms with Crippen molar-refractivity contribution >= 4 is 17.3 Å². The van der Waals surface area contributed by atoms with E-state index in [-0.39, 0.29) is 18.1 Å². The van der Waals surface area contributed by atoms with Gasteiger partial charge in [0.05, 0.1) is 6.42 Å². The maximum Gasteiger partial charge on any atom is 0.307 e. The lowest BCUT2D eigenvalue weighted by atomic mass is 9.86. The maximum absolute atomic E-state index is 11.6. The van der Waals surface area contributed by atoms with Crippen LogP contribution >= 0.6 is 0 Å². The Hall–Kier alpha value is -1.90. The van der Waals surface area contributed by atoms with Gasteiger partial charge in [-0.05, 0) is 35.6 Å². The van der Waals surface area contributed by atoms with Crippen molar-refractivity contribution in [2.75, 3.05) is 0 Å². The highest BCUT2D eigenvalue weighted by molar-refractivity contribution is 5.99. The molecule has 1 N–H and O–H groups in total. The molecule has 0 radical (unpaired) electrons. The van der Waals surface area contributed by atoms with E-state index in [1.807, 2.05) is 31.2 Å². The molecule has 2 rings (SSSR count). The van der Waals surface area contributed by atoms with Crippen molar-refractivity contribution in [3.8, 4) is 0 Å². The molecule has 1 aromatic rings. The van der Waals surface area contributed by atoms with E-state index >= 15 is 0 Å². The Balaban J connectivity index is 2.17. The standard InChI is InChI=1S/C15H16O3/c1-10-2-5-13(9-14(10)16)12-6-3-11(4-7-12)8-15(17)18/h3-4,6-7,9-10H,2,5,8H2,1H3,(H,17,18). The zero-order chi connectivity index (χ0) is 13.1. The Morgan fingerprint density at radius 3 is 2.56 bits per heavy atom. The number of benzene rings is 1. The van der Waals surface area contributed by atoms with Crippen LogP contribution in [0.25, 0.3) is 5.57 Å². The molecule has 0 heterocycles. The minimum atomic E-state index is -0.830. The van der Waals surface area contributed by atoms with Gasteiger partial charge in [-0.15, -0.1) is 0 Å². The lowest BCUT2D eigenvalue weighted by Crippen LogP contribution is -2.13. The van der Waals surface area contributed by atoms with Gasteiger partial charge in [0, 0.05) is 5.92 Å². The zero-order valence-electron chi connectivity index (χ0n) is 10.3. The fourth-order valence-electron chi connectivity index (χ4n) is 2.14. The van der Waals surface area contributed by atoms with Gasteiger partial charge in [0.15, 0.2) is 5.78 Å². The molecule has 3 nitrogen and oxygen atoms in total. The molecule has 0 saturated heterocycles. The van der Waals surface area contributed by atoms with Crippen LogP contribution in [0.5, 0.6) is 0 Å². The lowest BCUT2D eigenvalue weighted by Gasteiger charge is -2.17. The van der Waals surface area contributed by atoms with Crippen LogP contribution in [-0.4, -0.2) is 16.9 Å². The van der Waals surface area contributed by atoms with Gasteiger partial charge < -0.3 is 5.11 Å². The third-order valence-corrected chi connectivity index (χ3v) is 3.33. The second kappa shape index (κ2) is 5.17. The van der Waals surface area contributed by atoms with Crippen molar-refractivity contribution in [3.63, 3.8) is 0 Å². The molecule has 94 valence electrons. The van der Waals surface area contributed by atoms with Crippen LogP contribution in [0.15, 0.2) is 30.3 Å². The smallest absolute Gasteiger partial charge is 0.307 e. The molecule has 0 amide bonds. The van der Waals surface area contributed by atoms with Crippen LogP contribution in [0.2, 0.25) is 0 Å². The van der Waals surface area contributed by atoms with E-state index in [9.17, 15) is 9.59 Å². The molecule has 0 saturated carbocycles. The number of allylic oxidation sites excluding steroid dienone is 2. The fourth-order valence-corrected chi connectivity index (χ4v) is 2.14. The third-order valence-electron chi connectivity index (χ3n) is 3.33. The normalized spacial score (nSPS) is 19.5. The van der Waals surface area contributed by atoms with E-state index in [4.69, 9.17) is 5.11 Å². The molecule has 0 aliphatic heterocycles. The number of hydrogen-bond acceptors (Lipinski definition) is 2. The van der Waals surface area contributed by atoms with Gasteiger partial charge in [0.1, 0.15) is 0 Å². The average molecular weight is 244 g/mol. The fraction of sp³-hybridized carbons (Fsp3) is 0.333. The van der Waals surface area contributed by atoms with E-state index in [1.54, 1.807) is 6.08 Å². The minimum Gasteiger partial charge on any atom is -0.481 e. The van der Waals surface area contributed by atoms with Gasteiger partial charge in [-0.3, -0.25) is 9.59 Å². The monoisotopic (exact) mass is 244 g/mol. The van der Waals surface area contributed by atoms with Crippen LogP contribution in [0.3, 0.4) is 0 Å². The zero-order valence-corrected chi connectivity index (χ0v) is 10.3. The van der Waals surface area contributed by atoms with Crippen LogP contribution in [0.1, 0.15) is 30.9 Å². The summed E-state index contributed by atoms with van der Waals surface area (Å²) in [6.45, 7) is 1.95. The van der Waals surface area contributed by atoms with E-state index in [1.165, 1.54) is 0 Å². The predicted molar refractivity (Wildman–Crippen MR) is 69.2 cm³/mol. The second-order valence-electron chi connectivity index (χ2n) is 4.78. The Morgan fingerprint density at radius 1 is 1.33 bits per heavy atom. The van der Waals surface area contributed by atoms with Crippen LogP contribution < -0.4 is 0 Å². The molecule has 0 bridgehead atoms. The largest absolute Gasteiger partial charge is 0.481 e. The van der Waals surface area contributed by atoms with E-state index in [0.717, 1.165) is 29.5 Å². The number of carbonyl (C=O) groups is 2. The van der Waals surface area contributed by atoms with Crippen molar-refractivity contribution in [1.29, 1.82) is 0 Å². The summed E-state index contributed by atoms with van der Waals surface area (Å²) in [6, 6.07) is 7.42. The first-order valence-corrected chi connectivity index (χ1v) is 6.12. The van der Waals surface area contributed by atoms with Gasteiger partial charge in [-0.25, -0.2) is 0 Å². The quantitative estimate of drug-likeness (QED) is 0.889. The summed E-state index contributed by atoms with van der Waals surface area (Å²) < 4.78 is 0. The molecule has 1 aliphatic rings. The number of carboxylic acid groups (broad SMARTS) is 1. The van der Waals surface area contributed by atoms with E-state index in [2.05, 4.69) is 0 Å². The SMILES string of the molecule is CC1CCC(c2ccc(CC(=O)O)cc2)=CC1=O. The van der Waals surface area contributed by atoms with Crippen molar-refractivity contribution in [1.82, 2.24) is 0 Å². The molecular weight excluding hydrogens is 228 g/mol. The molecule has 1 aliphatic carbocycles. The van der Waals surface area contributed by atoms with Gasteiger partial charge in [0.25, 0.3) is 0 Å². The molecule has 18 heavy (non-hydrogen) atoms. The molecule has 1 atom stereocenters. The second-order valence-corrected chi connectivity index (χ2v) is 4.78. The average Bonchev–Trinajstić information content (AvgIpc) is 2.33. The van der Waals surface area contributed by atoms with Gasteiger partial charge in [-0.2, -0.15) is 0 Å². The molecule has 0 aromatic heterocycles. The highest BCUT2D eigenvalue weighted by atomic mass is 16.4. The van der Waals surface area contributed by atoms with Crippen molar-refractivity contribution in [2.24, 2.45) is 5.92 Å². The summed E-state index contributed by atoms with van der Waals surface area (Å²) in [7, 11) is 0. The number of aliphatic carboxylic acids is 1. The summed E-state index contributed by atoms with van der Waals surface area (Å²) in [4.78, 5) is 22.2. The molecular formula is C15H16O3. The number of hydrogen-bond donors (Lipinski definition) is 1. The first kappa shape index (κ1) is 12.6. The Labute approximate surface area is 106 Å². The van der Waals surface area contributed by atoms with E-state index < -0.39 is 5.97 Å². The summed E-state index contributed by atoms with van der Waals surface area (Å²) in [5.41, 5.74) is 2.85. The summed E-state index contributed by atoms with van der Waals surface area (Å²) >= 11 is 0. The Morgan fingerprint density at radius 2 is 2.00 bits per heavy atom. The molecule has 0 spiro atoms. The van der Waals surface area contributed by atoms with Gasteiger partial charge in [-0.1, -0.05) is 31.2 Å². The highest BCUT2D eigenvalue weighted by Gasteiger charge is 2.18. The van der Waals surface area contributed by atoms with Crippen LogP contribution in [-0.2, 0) is 16.0 Å². The molecule has 3 heteroatoms. The summed E-state index contributed by atoms with van der Waals surface area (Å²) in [5, 5.41) is 8.69. The van der Waals surface area contributed by atoms with Gasteiger partial charge >= 0.3 is 5.97 Å². The van der Waals surface area contributed by atoms with Gasteiger partial charge in [0.2, 0.25) is 0 Å². The first-order chi connectivity index (χ1) is 8.56. The molecule has 1 unspecified atom stereocenters. The molecule has 1 aromatic carbocycles. The number of rotatable bonds is 3. The summed E-state index contributed by atoms with van der Waals surface area (Å²) in [6.07, 6.45) is 3.56. The summed E-state index contributed by atoms with van der Waals surface area (Å²) in [5.74, 6) is -0.519. The number of ketones is 1. The Bertz CT molecular complexity index is 497. The topological polar surface area (TPSA) is 54.4 Å². The maximum atomic E-state index is 11.6. The lowest BCUT2D eigenvalue weighted by molar-refractivity contribution is -0.136. The highest BCUT2D eigenvalue weighted by Crippen LogP contribution is 2.28. The van der Waals surface area contributed by atoms with Crippen molar-refractivity contribution < 1.29 is 14.7 Å². The predicted octanol–water partition coefficient (Wildman–Crippen LogP) is 2.70. The molecule has 0 fully saturated rings.